The zero-order chi connectivity index (χ0) is 5.54. The summed E-state index contributed by atoms with van der Waals surface area (Å²) in [5.74, 6) is 0. The first-order valence-electron chi connectivity index (χ1n) is 2.67. The van der Waals surface area contributed by atoms with Gasteiger partial charge in [-0.15, -0.1) is 0 Å². The van der Waals surface area contributed by atoms with Crippen LogP contribution < -0.4 is 0 Å². The van der Waals surface area contributed by atoms with Gasteiger partial charge in [-0.1, -0.05) is 37.4 Å². The third-order valence-electron chi connectivity index (χ3n) is 0.813. The van der Waals surface area contributed by atoms with E-state index in [4.69, 9.17) is 11.6 Å². The average Bonchev–Trinajstić information content (AvgIpc) is 1.69. The van der Waals surface area contributed by atoms with Gasteiger partial charge in [0, 0.05) is 33.2 Å². The quantitative estimate of drug-likeness (QED) is 0.554. The van der Waals surface area contributed by atoms with Gasteiger partial charge in [0.15, 0.2) is 0 Å². The normalized spacial score (nSPS) is 9.25. The number of allylic oxidation sites excluding steroid dienone is 1. The maximum atomic E-state index is 5.26. The van der Waals surface area contributed by atoms with Gasteiger partial charge in [0.2, 0.25) is 0 Å². The first kappa shape index (κ1) is 11.7. The van der Waals surface area contributed by atoms with E-state index in [9.17, 15) is 0 Å². The van der Waals surface area contributed by atoms with Gasteiger partial charge in [0.1, 0.15) is 0 Å². The van der Waals surface area contributed by atoms with E-state index in [1.165, 1.54) is 12.8 Å². The van der Waals surface area contributed by atoms with Crippen LogP contribution in [0.1, 0.15) is 26.2 Å². The van der Waals surface area contributed by atoms with Crippen molar-refractivity contribution in [1.29, 1.82) is 0 Å². The van der Waals surface area contributed by atoms with E-state index in [0.717, 1.165) is 6.42 Å². The molecule has 0 aromatic rings. The predicted octanol–water partition coefficient (Wildman–Crippen LogP) is 2.93. The van der Waals surface area contributed by atoms with Crippen molar-refractivity contribution >= 4 is 11.6 Å². The van der Waals surface area contributed by atoms with Crippen molar-refractivity contribution in [2.75, 3.05) is 0 Å². The maximum absolute atomic E-state index is 5.26. The van der Waals surface area contributed by atoms with E-state index in [-0.39, 0.29) is 27.7 Å². The molecule has 44 valence electrons. The van der Waals surface area contributed by atoms with Crippen LogP contribution in [-0.2, 0) is 27.7 Å². The zero-order valence-electron chi connectivity index (χ0n) is 5.36. The van der Waals surface area contributed by atoms with Crippen LogP contribution in [0, 0.1) is 0 Å². The second-order valence-electron chi connectivity index (χ2n) is 1.50. The first-order valence-corrected chi connectivity index (χ1v) is 3.10. The minimum absolute atomic E-state index is 0. The van der Waals surface area contributed by atoms with Crippen LogP contribution in [0.5, 0.6) is 0 Å². The SMILES string of the molecule is CCCC/C=C/Cl.[Hg]. The summed E-state index contributed by atoms with van der Waals surface area (Å²) >= 11 is 5.26. The monoisotopic (exact) mass is 320 g/mol. The number of unbranched alkanes of at least 4 members (excludes halogenated alkanes) is 2. The molecule has 0 rings (SSSR count). The molecule has 0 aromatic carbocycles. The molecule has 2 heteroatoms. The second-order valence-corrected chi connectivity index (χ2v) is 1.76. The fraction of sp³-hybridized carbons (Fsp3) is 0.667. The van der Waals surface area contributed by atoms with Crippen molar-refractivity contribution in [2.45, 2.75) is 26.2 Å². The molecule has 0 amide bonds. The second kappa shape index (κ2) is 10.9. The van der Waals surface area contributed by atoms with Crippen molar-refractivity contribution < 1.29 is 27.7 Å². The summed E-state index contributed by atoms with van der Waals surface area (Å²) in [6, 6.07) is 0. The van der Waals surface area contributed by atoms with Gasteiger partial charge in [-0.2, -0.15) is 0 Å². The first-order chi connectivity index (χ1) is 3.41. The fourth-order valence-corrected chi connectivity index (χ4v) is 0.511. The van der Waals surface area contributed by atoms with Crippen molar-refractivity contribution in [3.63, 3.8) is 0 Å². The molecule has 0 unspecified atom stereocenters. The van der Waals surface area contributed by atoms with Crippen molar-refractivity contribution in [3.8, 4) is 0 Å². The molecular formula is C6H11ClHg. The van der Waals surface area contributed by atoms with Crippen LogP contribution in [0.3, 0.4) is 0 Å². The topological polar surface area (TPSA) is 0 Å². The van der Waals surface area contributed by atoms with Gasteiger partial charge in [0.05, 0.1) is 0 Å². The number of hydrogen-bond acceptors (Lipinski definition) is 0. The molecule has 0 aliphatic heterocycles. The number of rotatable bonds is 3. The third-order valence-corrected chi connectivity index (χ3v) is 0.992. The number of halogens is 1. The summed E-state index contributed by atoms with van der Waals surface area (Å²) in [5.41, 5.74) is 1.58. The van der Waals surface area contributed by atoms with Gasteiger partial charge in [-0.05, 0) is 6.42 Å². The Kier molecular flexibility index (Phi) is 15.9. The molecule has 0 N–H and O–H groups in total. The van der Waals surface area contributed by atoms with Gasteiger partial charge < -0.3 is 0 Å². The van der Waals surface area contributed by atoms with Gasteiger partial charge in [0.25, 0.3) is 0 Å². The van der Waals surface area contributed by atoms with E-state index >= 15 is 0 Å². The Bertz CT molecular complexity index is 52.5. The molecule has 0 radical (unpaired) electrons. The molecule has 0 aromatic heterocycles. The van der Waals surface area contributed by atoms with E-state index in [1.54, 1.807) is 5.54 Å². The molecule has 0 spiro atoms. The van der Waals surface area contributed by atoms with E-state index in [1.807, 2.05) is 6.08 Å². The molecular weight excluding hydrogens is 308 g/mol. The van der Waals surface area contributed by atoms with Gasteiger partial charge >= 0.3 is 0 Å². The van der Waals surface area contributed by atoms with Crippen molar-refractivity contribution in [1.82, 2.24) is 0 Å². The van der Waals surface area contributed by atoms with Crippen LogP contribution in [0.25, 0.3) is 0 Å². The van der Waals surface area contributed by atoms with Crippen molar-refractivity contribution in [2.24, 2.45) is 0 Å². The Morgan fingerprint density at radius 1 is 1.50 bits per heavy atom. The fourth-order valence-electron chi connectivity index (χ4n) is 0.385. The molecule has 0 heterocycles. The molecule has 0 bridgehead atoms. The Hall–Kier alpha value is 0.965. The summed E-state index contributed by atoms with van der Waals surface area (Å²) in [5, 5.41) is 0. The Morgan fingerprint density at radius 3 is 2.50 bits per heavy atom. The Morgan fingerprint density at radius 2 is 2.12 bits per heavy atom. The molecule has 8 heavy (non-hydrogen) atoms. The molecule has 0 fully saturated rings. The molecule has 0 aliphatic carbocycles. The Labute approximate surface area is 76.8 Å². The van der Waals surface area contributed by atoms with Gasteiger partial charge in [-0.25, -0.2) is 0 Å². The predicted molar refractivity (Wildman–Crippen MR) is 34.5 cm³/mol. The summed E-state index contributed by atoms with van der Waals surface area (Å²) in [4.78, 5) is 0. The summed E-state index contributed by atoms with van der Waals surface area (Å²) in [6.07, 6.45) is 5.61. The van der Waals surface area contributed by atoms with Crippen LogP contribution in [0.2, 0.25) is 0 Å². The van der Waals surface area contributed by atoms with Crippen LogP contribution in [0.4, 0.5) is 0 Å². The summed E-state index contributed by atoms with van der Waals surface area (Å²) < 4.78 is 0. The third kappa shape index (κ3) is 10.1. The van der Waals surface area contributed by atoms with Crippen LogP contribution in [0.15, 0.2) is 11.6 Å². The van der Waals surface area contributed by atoms with E-state index in [2.05, 4.69) is 6.92 Å². The zero-order valence-corrected chi connectivity index (χ0v) is 11.6. The summed E-state index contributed by atoms with van der Waals surface area (Å²) in [7, 11) is 0. The van der Waals surface area contributed by atoms with Crippen LogP contribution in [-0.4, -0.2) is 0 Å². The minimum Gasteiger partial charge on any atom is -0.0933 e. The average molecular weight is 319 g/mol. The van der Waals surface area contributed by atoms with Crippen LogP contribution >= 0.6 is 11.6 Å². The maximum Gasteiger partial charge on any atom is 0.000245 e. The summed E-state index contributed by atoms with van der Waals surface area (Å²) in [6.45, 7) is 2.17. The smallest absolute Gasteiger partial charge is 0.000245 e. The molecule has 0 nitrogen and oxygen atoms in total. The van der Waals surface area contributed by atoms with E-state index in [0.29, 0.717) is 0 Å². The molecule has 0 saturated carbocycles. The molecule has 0 saturated heterocycles. The number of hydrogen-bond donors (Lipinski definition) is 0. The minimum atomic E-state index is 0. The van der Waals surface area contributed by atoms with Gasteiger partial charge in [-0.3, -0.25) is 0 Å². The molecule has 0 aliphatic rings. The Balaban J connectivity index is 0. The molecule has 0 atom stereocenters. The largest absolute Gasteiger partial charge is 0.0933 e. The van der Waals surface area contributed by atoms with E-state index < -0.39 is 0 Å². The standard InChI is InChI=1S/C6H11Cl.Hg/c1-2-3-4-5-6-7;/h5-6H,2-4H2,1H3;/b6-5+;. The van der Waals surface area contributed by atoms with Crippen molar-refractivity contribution in [3.05, 3.63) is 11.6 Å².